The summed E-state index contributed by atoms with van der Waals surface area (Å²) < 4.78 is 0. The molecule has 6 atom stereocenters. The van der Waals surface area contributed by atoms with Gasteiger partial charge in [0.05, 0.1) is 0 Å². The molecule has 0 aromatic heterocycles. The monoisotopic (exact) mass is 438 g/mol. The normalized spacial score (nSPS) is 40.4. The maximum atomic E-state index is 2.51. The summed E-state index contributed by atoms with van der Waals surface area (Å²) in [6.45, 7) is 14.9. The molecule has 2 aliphatic carbocycles. The van der Waals surface area contributed by atoms with E-state index in [1.54, 1.807) is 12.8 Å². The van der Waals surface area contributed by atoms with Gasteiger partial charge in [-0.15, -0.1) is 0 Å². The summed E-state index contributed by atoms with van der Waals surface area (Å²) in [4.78, 5) is 2.22. The predicted octanol–water partition coefficient (Wildman–Crippen LogP) is 6.07. The summed E-state index contributed by atoms with van der Waals surface area (Å²) in [6, 6.07) is 0. The molecule has 0 bridgehead atoms. The van der Waals surface area contributed by atoms with Crippen LogP contribution in [0, 0.1) is 35.5 Å². The Labute approximate surface area is 151 Å². The van der Waals surface area contributed by atoms with Crippen LogP contribution in [0.25, 0.3) is 0 Å². The van der Waals surface area contributed by atoms with Gasteiger partial charge in [0.15, 0.2) is 0 Å². The Bertz CT molecular complexity index is 294. The second-order valence-electron chi connectivity index (χ2n) is 8.92. The zero-order chi connectivity index (χ0) is 16.3. The van der Waals surface area contributed by atoms with E-state index in [1.165, 1.54) is 25.7 Å². The topological polar surface area (TPSA) is 0 Å². The number of hydrogen-bond acceptors (Lipinski definition) is 0. The van der Waals surface area contributed by atoms with Crippen LogP contribution >= 0.6 is 0 Å². The standard InChI is InChI=1S/C20H38Se2/c1-13(2)17-9-7-15(5)11-19(17)21-22-20-12-16(6)8-10-18(20)14(3)4/h13-20H,7-12H2,1-6H3/t15-,16-,17+,18+,19+,20+/m1/s1. The van der Waals surface area contributed by atoms with Crippen LogP contribution in [-0.2, 0) is 0 Å². The molecule has 0 spiro atoms. The van der Waals surface area contributed by atoms with Crippen LogP contribution in [0.1, 0.15) is 80.1 Å². The average Bonchev–Trinajstić information content (AvgIpc) is 2.44. The molecule has 0 radical (unpaired) electrons. The van der Waals surface area contributed by atoms with Crippen molar-refractivity contribution in [3.05, 3.63) is 0 Å². The summed E-state index contributed by atoms with van der Waals surface area (Å²) in [5.74, 6) is 5.95. The Morgan fingerprint density at radius 1 is 0.636 bits per heavy atom. The van der Waals surface area contributed by atoms with Gasteiger partial charge in [-0.3, -0.25) is 0 Å². The van der Waals surface area contributed by atoms with E-state index in [4.69, 9.17) is 0 Å². The van der Waals surface area contributed by atoms with Crippen molar-refractivity contribution < 1.29 is 0 Å². The first kappa shape index (κ1) is 19.4. The molecule has 0 aromatic carbocycles. The van der Waals surface area contributed by atoms with Crippen LogP contribution in [-0.4, -0.2) is 26.3 Å². The van der Waals surface area contributed by atoms with E-state index in [0.717, 1.165) is 71.4 Å². The van der Waals surface area contributed by atoms with Crippen LogP contribution in [0.5, 0.6) is 0 Å². The van der Waals surface area contributed by atoms with E-state index in [9.17, 15) is 0 Å². The molecule has 2 aliphatic rings. The zero-order valence-electron chi connectivity index (χ0n) is 15.7. The van der Waals surface area contributed by atoms with Crippen LogP contribution in [0.15, 0.2) is 0 Å². The zero-order valence-corrected chi connectivity index (χ0v) is 19.1. The molecule has 2 saturated carbocycles. The van der Waals surface area contributed by atoms with Crippen molar-refractivity contribution in [2.75, 3.05) is 0 Å². The van der Waals surface area contributed by atoms with Gasteiger partial charge in [0.2, 0.25) is 0 Å². The average molecular weight is 436 g/mol. The van der Waals surface area contributed by atoms with Crippen molar-refractivity contribution in [1.29, 1.82) is 0 Å². The van der Waals surface area contributed by atoms with Crippen molar-refractivity contribution in [1.82, 2.24) is 0 Å². The molecule has 2 fully saturated rings. The van der Waals surface area contributed by atoms with E-state index < -0.39 is 0 Å². The molecule has 0 N–H and O–H groups in total. The predicted molar refractivity (Wildman–Crippen MR) is 102 cm³/mol. The van der Waals surface area contributed by atoms with Gasteiger partial charge in [-0.2, -0.15) is 0 Å². The number of hydrogen-bond donors (Lipinski definition) is 0. The summed E-state index contributed by atoms with van der Waals surface area (Å²) in [5, 5.41) is 0. The summed E-state index contributed by atoms with van der Waals surface area (Å²) in [6.07, 6.45) is 9.15. The van der Waals surface area contributed by atoms with Crippen molar-refractivity contribution in [3.63, 3.8) is 0 Å². The molecule has 2 rings (SSSR count). The van der Waals surface area contributed by atoms with Gasteiger partial charge >= 0.3 is 151 Å². The fourth-order valence-corrected chi connectivity index (χ4v) is 17.3. The summed E-state index contributed by atoms with van der Waals surface area (Å²) in [7, 11) is 0. The number of rotatable bonds is 5. The van der Waals surface area contributed by atoms with Crippen molar-refractivity contribution >= 4 is 26.3 Å². The quantitative estimate of drug-likeness (QED) is 0.459. The van der Waals surface area contributed by atoms with Gasteiger partial charge in [-0.05, 0) is 0 Å². The van der Waals surface area contributed by atoms with E-state index in [2.05, 4.69) is 41.5 Å². The van der Waals surface area contributed by atoms with E-state index in [0.29, 0.717) is 0 Å². The minimum absolute atomic E-state index is 0.918. The molecule has 130 valence electrons. The third-order valence-corrected chi connectivity index (χ3v) is 16.4. The Kier molecular flexibility index (Phi) is 7.87. The molecular weight excluding hydrogens is 398 g/mol. The van der Waals surface area contributed by atoms with E-state index in [-0.39, 0.29) is 0 Å². The molecule has 0 amide bonds. The molecule has 22 heavy (non-hydrogen) atoms. The van der Waals surface area contributed by atoms with E-state index >= 15 is 0 Å². The van der Waals surface area contributed by atoms with Crippen LogP contribution in [0.2, 0.25) is 9.63 Å². The fraction of sp³-hybridized carbons (Fsp3) is 1.00. The van der Waals surface area contributed by atoms with Crippen molar-refractivity contribution in [2.24, 2.45) is 35.5 Å². The molecule has 0 nitrogen and oxygen atoms in total. The first-order chi connectivity index (χ1) is 10.4. The maximum absolute atomic E-state index is 2.51. The Hall–Kier alpha value is 1.04. The van der Waals surface area contributed by atoms with Gasteiger partial charge in [-0.1, -0.05) is 0 Å². The van der Waals surface area contributed by atoms with Gasteiger partial charge in [0.25, 0.3) is 0 Å². The first-order valence-corrected chi connectivity index (χ1v) is 16.0. The third-order valence-electron chi connectivity index (χ3n) is 6.23. The van der Waals surface area contributed by atoms with Crippen molar-refractivity contribution in [3.8, 4) is 0 Å². The minimum atomic E-state index is 0.918. The van der Waals surface area contributed by atoms with Crippen LogP contribution in [0.4, 0.5) is 0 Å². The summed E-state index contributed by atoms with van der Waals surface area (Å²) in [5.41, 5.74) is 0. The van der Waals surface area contributed by atoms with Gasteiger partial charge in [0, 0.05) is 0 Å². The molecular formula is C20H38Se2. The second kappa shape index (κ2) is 8.94. The molecule has 0 heterocycles. The molecule has 0 aliphatic heterocycles. The Morgan fingerprint density at radius 3 is 1.32 bits per heavy atom. The van der Waals surface area contributed by atoms with Gasteiger partial charge in [-0.25, -0.2) is 0 Å². The van der Waals surface area contributed by atoms with E-state index in [1.807, 2.05) is 0 Å². The van der Waals surface area contributed by atoms with Crippen LogP contribution < -0.4 is 0 Å². The third kappa shape index (κ3) is 5.27. The fourth-order valence-electron chi connectivity index (χ4n) is 4.59. The molecule has 0 aromatic rings. The Balaban J connectivity index is 1.93. The molecule has 0 saturated heterocycles. The van der Waals surface area contributed by atoms with Gasteiger partial charge in [0.1, 0.15) is 0 Å². The van der Waals surface area contributed by atoms with Crippen LogP contribution in [0.3, 0.4) is 0 Å². The van der Waals surface area contributed by atoms with Crippen molar-refractivity contribution in [2.45, 2.75) is 89.7 Å². The van der Waals surface area contributed by atoms with Gasteiger partial charge < -0.3 is 0 Å². The molecule has 2 heteroatoms. The Morgan fingerprint density at radius 2 is 1.00 bits per heavy atom. The molecule has 0 unspecified atom stereocenters. The first-order valence-electron chi connectivity index (χ1n) is 9.70. The summed E-state index contributed by atoms with van der Waals surface area (Å²) >= 11 is 1.90. The SMILES string of the molecule is CC(C)[C@@H]1CC[C@@H](C)C[C@@H]1[Se][Se][C@H]1C[C@H](C)CC[C@H]1C(C)C. The second-order valence-corrected chi connectivity index (χ2v) is 16.5.